The first-order chi connectivity index (χ1) is 23.7. The Morgan fingerprint density at radius 2 is 1.69 bits per heavy atom. The number of rotatable bonds is 15. The first kappa shape index (κ1) is 38.1. The Labute approximate surface area is 295 Å². The van der Waals surface area contributed by atoms with E-state index < -0.39 is 10.0 Å². The van der Waals surface area contributed by atoms with E-state index in [0.717, 1.165) is 70.9 Å². The minimum absolute atomic E-state index is 0.0853. The number of thiophene rings is 1. The van der Waals surface area contributed by atoms with Crippen LogP contribution in [0.25, 0.3) is 10.2 Å². The van der Waals surface area contributed by atoms with Gasteiger partial charge in [0.2, 0.25) is 16.0 Å². The second kappa shape index (κ2) is 18.9. The fourth-order valence-electron chi connectivity index (χ4n) is 5.49. The largest absolute Gasteiger partial charge is 0.386 e. The highest BCUT2D eigenvalue weighted by Gasteiger charge is 2.29. The number of anilines is 1. The molecule has 0 saturated carbocycles. The van der Waals surface area contributed by atoms with Crippen molar-refractivity contribution in [1.29, 1.82) is 0 Å². The highest BCUT2D eigenvalue weighted by atomic mass is 32.2. The van der Waals surface area contributed by atoms with Gasteiger partial charge in [-0.05, 0) is 31.9 Å². The first-order valence-electron chi connectivity index (χ1n) is 17.0. The van der Waals surface area contributed by atoms with Crippen molar-refractivity contribution in [2.45, 2.75) is 58.5 Å². The third-order valence-corrected chi connectivity index (χ3v) is 11.6. The molecule has 14 heteroatoms. The molecule has 4 heterocycles. The molecule has 12 nitrogen and oxygen atoms in total. The van der Waals surface area contributed by atoms with Gasteiger partial charge in [-0.2, -0.15) is 0 Å². The van der Waals surface area contributed by atoms with Gasteiger partial charge in [0.1, 0.15) is 9.73 Å². The molecular formula is C35H51N9O3S2. The van der Waals surface area contributed by atoms with E-state index in [-0.39, 0.29) is 15.8 Å². The molecule has 1 saturated heterocycles. The summed E-state index contributed by atoms with van der Waals surface area (Å²) in [5.74, 6) is 0.694. The Balaban J connectivity index is 0.000000520. The van der Waals surface area contributed by atoms with Crippen molar-refractivity contribution in [3.8, 4) is 0 Å². The van der Waals surface area contributed by atoms with Crippen LogP contribution in [0, 0.1) is 6.92 Å². The van der Waals surface area contributed by atoms with Gasteiger partial charge in [0.15, 0.2) is 0 Å². The standard InChI is InChI=1S/C29H42N6O3S2.C6H9N3/c1-5-7-13-25(30-14-15-33-16-18-34(19-17-33)20-24-11-9-8-10-12-24)21-35-22-31-28-26(29(35)36)27(23(3)39-28)40(37,38)32(4)6-2;1-2-7-6-8-4-3-5-9-6/h8-13,22,30H,5-7,14-21H2,1-4H3;3-5H,2H2,1H3,(H,7,8,9)/b25-13-;. The number of sulfonamides is 1. The second-order valence-electron chi connectivity index (χ2n) is 11.9. The lowest BCUT2D eigenvalue weighted by Gasteiger charge is -2.34. The number of nitrogens with zero attached hydrogens (tertiary/aromatic N) is 7. The van der Waals surface area contributed by atoms with Gasteiger partial charge in [-0.25, -0.2) is 27.7 Å². The minimum atomic E-state index is -3.78. The van der Waals surface area contributed by atoms with Crippen molar-refractivity contribution in [1.82, 2.24) is 38.9 Å². The van der Waals surface area contributed by atoms with Gasteiger partial charge in [0.25, 0.3) is 5.56 Å². The number of aromatic nitrogens is 4. The molecule has 3 aromatic heterocycles. The van der Waals surface area contributed by atoms with Crippen LogP contribution in [0.15, 0.2) is 76.6 Å². The van der Waals surface area contributed by atoms with Crippen LogP contribution in [-0.2, 0) is 23.1 Å². The molecule has 2 N–H and O–H groups in total. The number of piperazine rings is 1. The number of fused-ring (bicyclic) bond motifs is 1. The molecule has 0 spiro atoms. The van der Waals surface area contributed by atoms with E-state index in [4.69, 9.17) is 0 Å². The van der Waals surface area contributed by atoms with Crippen molar-refractivity contribution in [3.05, 3.63) is 87.7 Å². The van der Waals surface area contributed by atoms with E-state index in [1.54, 1.807) is 32.3 Å². The van der Waals surface area contributed by atoms with Gasteiger partial charge >= 0.3 is 0 Å². The zero-order chi connectivity index (χ0) is 35.2. The number of hydrogen-bond donors (Lipinski definition) is 2. The Kier molecular flexibility index (Phi) is 14.7. The fraction of sp³-hybridized carbons (Fsp3) is 0.486. The second-order valence-corrected chi connectivity index (χ2v) is 15.1. The summed E-state index contributed by atoms with van der Waals surface area (Å²) in [6.07, 6.45) is 8.99. The predicted molar refractivity (Wildman–Crippen MR) is 199 cm³/mol. The molecule has 1 aromatic carbocycles. The number of allylic oxidation sites excluding steroid dienone is 2. The summed E-state index contributed by atoms with van der Waals surface area (Å²) in [6, 6.07) is 12.4. The third kappa shape index (κ3) is 10.6. The van der Waals surface area contributed by atoms with E-state index >= 15 is 0 Å². The van der Waals surface area contributed by atoms with Gasteiger partial charge < -0.3 is 10.6 Å². The molecule has 0 bridgehead atoms. The van der Waals surface area contributed by atoms with Crippen LogP contribution in [-0.4, -0.2) is 101 Å². The normalized spacial score (nSPS) is 14.5. The molecule has 0 aliphatic carbocycles. The van der Waals surface area contributed by atoms with Crippen molar-refractivity contribution in [3.63, 3.8) is 0 Å². The lowest BCUT2D eigenvalue weighted by Crippen LogP contribution is -2.47. The van der Waals surface area contributed by atoms with Crippen LogP contribution in [0.2, 0.25) is 0 Å². The van der Waals surface area contributed by atoms with Crippen molar-refractivity contribution >= 4 is 37.5 Å². The first-order valence-corrected chi connectivity index (χ1v) is 19.3. The molecular weight excluding hydrogens is 659 g/mol. The van der Waals surface area contributed by atoms with Crippen LogP contribution < -0.4 is 16.2 Å². The fourth-order valence-corrected chi connectivity index (χ4v) is 8.33. The maximum absolute atomic E-state index is 13.6. The van der Waals surface area contributed by atoms with Crippen molar-refractivity contribution in [2.75, 3.05) is 64.7 Å². The summed E-state index contributed by atoms with van der Waals surface area (Å²) in [7, 11) is -2.25. The molecule has 0 unspecified atom stereocenters. The van der Waals surface area contributed by atoms with Crippen LogP contribution in [0.4, 0.5) is 5.95 Å². The minimum Gasteiger partial charge on any atom is -0.386 e. The Morgan fingerprint density at radius 1 is 1.00 bits per heavy atom. The molecule has 0 atom stereocenters. The predicted octanol–water partition coefficient (Wildman–Crippen LogP) is 4.41. The Morgan fingerprint density at radius 3 is 2.35 bits per heavy atom. The topological polar surface area (TPSA) is 129 Å². The summed E-state index contributed by atoms with van der Waals surface area (Å²) in [5.41, 5.74) is 1.98. The summed E-state index contributed by atoms with van der Waals surface area (Å²) in [4.78, 5) is 32.1. The van der Waals surface area contributed by atoms with Gasteiger partial charge in [-0.15, -0.1) is 11.3 Å². The highest BCUT2D eigenvalue weighted by molar-refractivity contribution is 7.89. The number of hydrogen-bond acceptors (Lipinski definition) is 11. The molecule has 1 aliphatic rings. The zero-order valence-corrected chi connectivity index (χ0v) is 31.1. The third-order valence-electron chi connectivity index (χ3n) is 8.33. The van der Waals surface area contributed by atoms with Gasteiger partial charge in [-0.3, -0.25) is 19.2 Å². The SMILES string of the molecule is CCC/C=C(/Cn1cnc2sc(C)c(S(=O)(=O)N(C)CC)c2c1=O)NCCN1CCN(Cc2ccccc2)CC1.CCNc1ncccn1. The van der Waals surface area contributed by atoms with Gasteiger partial charge in [0, 0.05) is 88.9 Å². The lowest BCUT2D eigenvalue weighted by molar-refractivity contribution is 0.128. The Bertz CT molecular complexity index is 1790. The quantitative estimate of drug-likeness (QED) is 0.183. The molecule has 266 valence electrons. The number of unbranched alkanes of at least 4 members (excludes halogenated alkanes) is 1. The monoisotopic (exact) mass is 709 g/mol. The van der Waals surface area contributed by atoms with E-state index in [1.807, 2.05) is 6.92 Å². The smallest absolute Gasteiger partial charge is 0.263 e. The molecule has 0 amide bonds. The zero-order valence-electron chi connectivity index (χ0n) is 29.4. The van der Waals surface area contributed by atoms with Crippen LogP contribution >= 0.6 is 11.3 Å². The van der Waals surface area contributed by atoms with Crippen LogP contribution in [0.1, 0.15) is 44.1 Å². The van der Waals surface area contributed by atoms with Crippen molar-refractivity contribution in [2.24, 2.45) is 0 Å². The van der Waals surface area contributed by atoms with Crippen molar-refractivity contribution < 1.29 is 8.42 Å². The van der Waals surface area contributed by atoms with Crippen LogP contribution in [0.5, 0.6) is 0 Å². The maximum atomic E-state index is 13.6. The lowest BCUT2D eigenvalue weighted by atomic mass is 10.2. The molecule has 1 aliphatic heterocycles. The number of aryl methyl sites for hydroxylation is 1. The molecule has 0 radical (unpaired) electrons. The van der Waals surface area contributed by atoms with E-state index in [2.05, 4.69) is 78.7 Å². The van der Waals surface area contributed by atoms with E-state index in [0.29, 0.717) is 28.7 Å². The summed E-state index contributed by atoms with van der Waals surface area (Å²) in [6.45, 7) is 16.0. The summed E-state index contributed by atoms with van der Waals surface area (Å²) < 4.78 is 29.2. The molecule has 4 aromatic rings. The number of nitrogens with one attached hydrogen (secondary N) is 2. The molecule has 5 rings (SSSR count). The maximum Gasteiger partial charge on any atom is 0.263 e. The Hall–Kier alpha value is -3.69. The summed E-state index contributed by atoms with van der Waals surface area (Å²) >= 11 is 1.25. The van der Waals surface area contributed by atoms with E-state index in [9.17, 15) is 13.2 Å². The van der Waals surface area contributed by atoms with E-state index in [1.165, 1.54) is 39.1 Å². The molecule has 1 fully saturated rings. The van der Waals surface area contributed by atoms with Gasteiger partial charge in [-0.1, -0.05) is 56.7 Å². The average Bonchev–Trinajstić information content (AvgIpc) is 3.47. The van der Waals surface area contributed by atoms with Crippen LogP contribution in [0.3, 0.4) is 0 Å². The average molecular weight is 710 g/mol. The summed E-state index contributed by atoms with van der Waals surface area (Å²) in [5, 5.41) is 6.72. The highest BCUT2D eigenvalue weighted by Crippen LogP contribution is 2.32. The van der Waals surface area contributed by atoms with Gasteiger partial charge in [0.05, 0.1) is 18.3 Å². The molecule has 49 heavy (non-hydrogen) atoms. The number of benzene rings is 1.